The maximum Gasteiger partial charge on any atom is 1.00 e. The second-order valence-corrected chi connectivity index (χ2v) is 19.9. The number of rotatable bonds is 6. The van der Waals surface area contributed by atoms with Gasteiger partial charge in [0.25, 0.3) is 0 Å². The van der Waals surface area contributed by atoms with Crippen LogP contribution in [0, 0.1) is 24.7 Å². The van der Waals surface area contributed by atoms with E-state index in [0.717, 1.165) is 43.4 Å². The molecule has 0 saturated heterocycles. The molecule has 0 amide bonds. The molecule has 0 aliphatic rings. The first-order chi connectivity index (χ1) is 29.2. The SMILES string of the molecule is [Au+].[Au+].[C-]#Cc1c2ccccc2cc2ccccc12.[C-]#Cc1cc2ccccc2c2ccccc12.c1ccc([PH+](C[PH+](c2ccccc2)c2ccccc2)c2ccccc2)cc1. The minimum Gasteiger partial charge on any atom is -0.366 e. The van der Waals surface area contributed by atoms with Crippen molar-refractivity contribution in [1.29, 1.82) is 0 Å². The smallest absolute Gasteiger partial charge is 0.366 e. The Bertz CT molecular complexity index is 2820. The molecule has 10 rings (SSSR count). The molecule has 0 fully saturated rings. The molecule has 0 spiro atoms. The zero-order chi connectivity index (χ0) is 40.2. The van der Waals surface area contributed by atoms with Crippen LogP contribution in [0.2, 0.25) is 0 Å². The molecule has 0 atom stereocenters. The Labute approximate surface area is 394 Å². The maximum atomic E-state index is 7.46. The summed E-state index contributed by atoms with van der Waals surface area (Å²) in [7, 11) is -1.69. The molecular formula is C57H42Au2P2+2. The van der Waals surface area contributed by atoms with Crippen molar-refractivity contribution in [2.24, 2.45) is 0 Å². The van der Waals surface area contributed by atoms with E-state index in [1.807, 2.05) is 72.8 Å². The summed E-state index contributed by atoms with van der Waals surface area (Å²) in [5.74, 6) is 6.32. The van der Waals surface area contributed by atoms with E-state index in [1.165, 1.54) is 37.9 Å². The molecular weight excluding hydrogens is 1140 g/mol. The molecule has 0 aromatic heterocycles. The monoisotopic (exact) mass is 1180 g/mol. The summed E-state index contributed by atoms with van der Waals surface area (Å²) >= 11 is 0. The number of hydrogen-bond acceptors (Lipinski definition) is 0. The van der Waals surface area contributed by atoms with E-state index in [2.05, 4.69) is 170 Å². The predicted molar refractivity (Wildman–Crippen MR) is 261 cm³/mol. The van der Waals surface area contributed by atoms with Crippen LogP contribution < -0.4 is 21.2 Å². The van der Waals surface area contributed by atoms with Gasteiger partial charge in [-0.25, -0.2) is 0 Å². The van der Waals surface area contributed by atoms with Crippen molar-refractivity contribution in [3.63, 3.8) is 0 Å². The molecule has 4 heteroatoms. The van der Waals surface area contributed by atoms with Crippen molar-refractivity contribution in [3.05, 3.63) is 254 Å². The first kappa shape index (κ1) is 45.2. The molecule has 0 N–H and O–H groups in total. The third kappa shape index (κ3) is 10.8. The molecule has 300 valence electrons. The van der Waals surface area contributed by atoms with Crippen LogP contribution in [0.15, 0.2) is 231 Å². The Morgan fingerprint density at radius 1 is 0.311 bits per heavy atom. The van der Waals surface area contributed by atoms with Crippen LogP contribution in [0.4, 0.5) is 0 Å². The first-order valence-corrected chi connectivity index (χ1v) is 23.2. The largest absolute Gasteiger partial charge is 1.00 e. The average molecular weight is 1180 g/mol. The Kier molecular flexibility index (Phi) is 16.7. The molecule has 0 aliphatic heterocycles. The second kappa shape index (κ2) is 22.5. The van der Waals surface area contributed by atoms with Gasteiger partial charge in [-0.15, -0.1) is 17.2 Å². The zero-order valence-corrected chi connectivity index (χ0v) is 39.6. The molecule has 10 aromatic rings. The third-order valence-electron chi connectivity index (χ3n) is 10.6. The van der Waals surface area contributed by atoms with Crippen LogP contribution in [0.3, 0.4) is 0 Å². The molecule has 0 unspecified atom stereocenters. The van der Waals surface area contributed by atoms with Crippen molar-refractivity contribution < 1.29 is 44.8 Å². The summed E-state index contributed by atoms with van der Waals surface area (Å²) in [5, 5.41) is 15.2. The van der Waals surface area contributed by atoms with Gasteiger partial charge in [0.1, 0.15) is 37.1 Å². The summed E-state index contributed by atoms with van der Waals surface area (Å²) in [6.45, 7) is 0. The topological polar surface area (TPSA) is 0 Å². The molecule has 0 nitrogen and oxygen atoms in total. The van der Waals surface area contributed by atoms with Gasteiger partial charge in [-0.2, -0.15) is 0 Å². The van der Waals surface area contributed by atoms with Gasteiger partial charge in [0.2, 0.25) is 0 Å². The summed E-state index contributed by atoms with van der Waals surface area (Å²) in [5.41, 5.74) is 1.74. The number of benzene rings is 10. The van der Waals surface area contributed by atoms with Crippen LogP contribution in [-0.4, -0.2) is 5.90 Å². The van der Waals surface area contributed by atoms with E-state index in [0.29, 0.717) is 0 Å². The Balaban J connectivity index is 0.000000159. The zero-order valence-electron chi connectivity index (χ0n) is 33.2. The van der Waals surface area contributed by atoms with Crippen LogP contribution in [0.5, 0.6) is 0 Å². The minimum atomic E-state index is -0.847. The first-order valence-electron chi connectivity index (χ1n) is 19.8. The molecule has 0 saturated carbocycles. The molecule has 0 heterocycles. The molecule has 61 heavy (non-hydrogen) atoms. The van der Waals surface area contributed by atoms with E-state index in [9.17, 15) is 0 Å². The summed E-state index contributed by atoms with van der Waals surface area (Å²) in [6.07, 6.45) is 14.8. The third-order valence-corrected chi connectivity index (χ3v) is 17.6. The van der Waals surface area contributed by atoms with E-state index in [4.69, 9.17) is 12.8 Å². The molecule has 0 radical (unpaired) electrons. The summed E-state index contributed by atoms with van der Waals surface area (Å²) in [6, 6.07) is 81.3. The Morgan fingerprint density at radius 3 is 1.00 bits per heavy atom. The predicted octanol–water partition coefficient (Wildman–Crippen LogP) is 12.5. The summed E-state index contributed by atoms with van der Waals surface area (Å²) in [4.78, 5) is 0. The van der Waals surface area contributed by atoms with Gasteiger partial charge in [0.15, 0.2) is 5.90 Å². The Morgan fingerprint density at radius 2 is 0.623 bits per heavy atom. The molecule has 10 aromatic carbocycles. The van der Waals surface area contributed by atoms with Gasteiger partial charge in [-0.3, -0.25) is 11.8 Å². The summed E-state index contributed by atoms with van der Waals surface area (Å²) < 4.78 is 0. The standard InChI is InChI=1S/C25H22P2.2C16H9.2Au/c1-5-13-22(14-6-1)26(23-15-7-2-8-16-23)21-27(24-17-9-3-10-18-24)25-19-11-4-12-20-25;1-2-14-15-9-5-3-7-12(15)11-13-8-4-6-10-16(13)14;1-2-12-11-13-7-3-4-9-15(13)16-10-6-5-8-14(12)16;;/h1-20H,21H2;2*3-11H;;/q;2*-1;2*+1/p+2. The Hall–Kier alpha value is -5.30. The van der Waals surface area contributed by atoms with Gasteiger partial charge in [0, 0.05) is 0 Å². The van der Waals surface area contributed by atoms with Crippen molar-refractivity contribution in [1.82, 2.24) is 0 Å². The van der Waals surface area contributed by atoms with E-state index < -0.39 is 15.8 Å². The fraction of sp³-hybridized carbons (Fsp3) is 0.0175. The quantitative estimate of drug-likeness (QED) is 0.0389. The van der Waals surface area contributed by atoms with Crippen molar-refractivity contribution in [2.45, 2.75) is 0 Å². The normalized spacial score (nSPS) is 10.4. The van der Waals surface area contributed by atoms with Gasteiger partial charge in [-0.05, 0) is 81.5 Å². The molecule has 0 bridgehead atoms. The van der Waals surface area contributed by atoms with Gasteiger partial charge < -0.3 is 12.8 Å². The average Bonchev–Trinajstić information content (AvgIpc) is 3.32. The van der Waals surface area contributed by atoms with Gasteiger partial charge >= 0.3 is 44.8 Å². The molecule has 0 aliphatic carbocycles. The second-order valence-electron chi connectivity index (χ2n) is 14.2. The number of fused-ring (bicyclic) bond motifs is 5. The van der Waals surface area contributed by atoms with E-state index in [1.54, 1.807) is 0 Å². The number of hydrogen-bond donors (Lipinski definition) is 0. The van der Waals surface area contributed by atoms with Crippen molar-refractivity contribution >= 4 is 80.2 Å². The van der Waals surface area contributed by atoms with Crippen LogP contribution in [0.1, 0.15) is 11.1 Å². The van der Waals surface area contributed by atoms with E-state index in [-0.39, 0.29) is 44.8 Å². The maximum absolute atomic E-state index is 7.46. The van der Waals surface area contributed by atoms with Crippen molar-refractivity contribution in [3.8, 4) is 11.8 Å². The van der Waals surface area contributed by atoms with Gasteiger partial charge in [0.05, 0.1) is 0 Å². The van der Waals surface area contributed by atoms with Crippen molar-refractivity contribution in [2.75, 3.05) is 5.90 Å². The van der Waals surface area contributed by atoms with E-state index >= 15 is 0 Å². The fourth-order valence-corrected chi connectivity index (χ4v) is 15.5. The fourth-order valence-electron chi connectivity index (χ4n) is 7.78. The van der Waals surface area contributed by atoms with Gasteiger partial charge in [-0.1, -0.05) is 186 Å². The van der Waals surface area contributed by atoms with Crippen LogP contribution in [-0.2, 0) is 44.8 Å². The minimum absolute atomic E-state index is 0. The van der Waals surface area contributed by atoms with Crippen LogP contribution >= 0.6 is 15.8 Å². The van der Waals surface area contributed by atoms with Crippen LogP contribution in [0.25, 0.3) is 43.1 Å².